The van der Waals surface area contributed by atoms with E-state index in [4.69, 9.17) is 26.1 Å². The highest BCUT2D eigenvalue weighted by Crippen LogP contribution is 2.26. The van der Waals surface area contributed by atoms with Crippen molar-refractivity contribution >= 4 is 28.9 Å². The van der Waals surface area contributed by atoms with Gasteiger partial charge in [0.1, 0.15) is 11.5 Å². The third-order valence-electron chi connectivity index (χ3n) is 4.19. The molecule has 1 aliphatic rings. The summed E-state index contributed by atoms with van der Waals surface area (Å²) >= 11 is 5.51. The van der Waals surface area contributed by atoms with Gasteiger partial charge in [0.2, 0.25) is 0 Å². The topological polar surface area (TPSA) is 67.2 Å². The largest absolute Gasteiger partial charge is 0.497 e. The zero-order valence-electron chi connectivity index (χ0n) is 14.7. The number of furan rings is 1. The van der Waals surface area contributed by atoms with Gasteiger partial charge >= 0.3 is 0 Å². The van der Waals surface area contributed by atoms with Gasteiger partial charge in [0.25, 0.3) is 5.91 Å². The van der Waals surface area contributed by atoms with Crippen LogP contribution in [0, 0.1) is 0 Å². The van der Waals surface area contributed by atoms with Crippen LogP contribution >= 0.6 is 12.2 Å². The molecular formula is C18H21N3O4S. The summed E-state index contributed by atoms with van der Waals surface area (Å²) in [7, 11) is 3.21. The highest BCUT2D eigenvalue weighted by Gasteiger charge is 2.24. The molecule has 0 unspecified atom stereocenters. The highest BCUT2D eigenvalue weighted by atomic mass is 32.1. The molecule has 1 aliphatic heterocycles. The van der Waals surface area contributed by atoms with Crippen molar-refractivity contribution in [3.63, 3.8) is 0 Å². The second-order valence-electron chi connectivity index (χ2n) is 5.79. The van der Waals surface area contributed by atoms with E-state index in [-0.39, 0.29) is 5.91 Å². The van der Waals surface area contributed by atoms with Gasteiger partial charge in [-0.15, -0.1) is 0 Å². The van der Waals surface area contributed by atoms with Gasteiger partial charge < -0.3 is 29.0 Å². The van der Waals surface area contributed by atoms with Crippen LogP contribution in [0.5, 0.6) is 11.5 Å². The van der Waals surface area contributed by atoms with Gasteiger partial charge in [-0.25, -0.2) is 0 Å². The van der Waals surface area contributed by atoms with Gasteiger partial charge in [0.15, 0.2) is 10.9 Å². The number of anilines is 1. The van der Waals surface area contributed by atoms with Gasteiger partial charge in [-0.05, 0) is 24.4 Å². The van der Waals surface area contributed by atoms with E-state index in [9.17, 15) is 4.79 Å². The van der Waals surface area contributed by atoms with Gasteiger partial charge in [0.05, 0.1) is 20.5 Å². The van der Waals surface area contributed by atoms with E-state index < -0.39 is 0 Å². The van der Waals surface area contributed by atoms with E-state index in [1.165, 1.54) is 6.26 Å². The monoisotopic (exact) mass is 375 g/mol. The molecule has 138 valence electrons. The standard InChI is InChI=1S/C18H21N3O4S/c1-23-14-10-13(11-15(12-14)24-2)19-18(26)21-7-5-20(6-8-21)17(22)16-4-3-9-25-16/h3-4,9-12H,5-8H2,1-2H3,(H,19,26). The lowest BCUT2D eigenvalue weighted by Gasteiger charge is -2.35. The molecule has 0 radical (unpaired) electrons. The van der Waals surface area contributed by atoms with E-state index >= 15 is 0 Å². The number of carbonyl (C=O) groups is 1. The van der Waals surface area contributed by atoms with Crippen LogP contribution in [0.3, 0.4) is 0 Å². The molecule has 2 aromatic rings. The summed E-state index contributed by atoms with van der Waals surface area (Å²) in [6.45, 7) is 2.48. The molecule has 0 atom stereocenters. The molecule has 3 rings (SSSR count). The average Bonchev–Trinajstić information content (AvgIpc) is 3.22. The molecule has 0 spiro atoms. The summed E-state index contributed by atoms with van der Waals surface area (Å²) < 4.78 is 15.7. The molecule has 0 saturated carbocycles. The second-order valence-corrected chi connectivity index (χ2v) is 6.17. The molecule has 8 heteroatoms. The number of benzene rings is 1. The summed E-state index contributed by atoms with van der Waals surface area (Å²) in [6.07, 6.45) is 1.50. The summed E-state index contributed by atoms with van der Waals surface area (Å²) in [6, 6.07) is 8.90. The first-order valence-electron chi connectivity index (χ1n) is 8.22. The Labute approximate surface area is 157 Å². The molecule has 1 saturated heterocycles. The van der Waals surface area contributed by atoms with E-state index in [1.807, 2.05) is 17.0 Å². The molecule has 1 N–H and O–H groups in total. The Hall–Kier alpha value is -2.74. The van der Waals surface area contributed by atoms with Crippen LogP contribution in [0.2, 0.25) is 0 Å². The minimum atomic E-state index is -0.0916. The fourth-order valence-electron chi connectivity index (χ4n) is 2.75. The maximum Gasteiger partial charge on any atom is 0.289 e. The lowest BCUT2D eigenvalue weighted by Crippen LogP contribution is -2.51. The van der Waals surface area contributed by atoms with Crippen molar-refractivity contribution in [2.24, 2.45) is 0 Å². The van der Waals surface area contributed by atoms with Crippen molar-refractivity contribution in [3.8, 4) is 11.5 Å². The van der Waals surface area contributed by atoms with Crippen molar-refractivity contribution in [2.75, 3.05) is 45.7 Å². The Balaban J connectivity index is 1.58. The third-order valence-corrected chi connectivity index (χ3v) is 4.55. The van der Waals surface area contributed by atoms with Crippen molar-refractivity contribution in [1.82, 2.24) is 9.80 Å². The van der Waals surface area contributed by atoms with Crippen molar-refractivity contribution in [3.05, 3.63) is 42.4 Å². The molecule has 0 aliphatic carbocycles. The molecule has 1 amide bonds. The molecule has 26 heavy (non-hydrogen) atoms. The van der Waals surface area contributed by atoms with E-state index in [0.717, 1.165) is 5.69 Å². The zero-order valence-corrected chi connectivity index (χ0v) is 15.5. The number of thiocarbonyl (C=S) groups is 1. The number of nitrogens with one attached hydrogen (secondary N) is 1. The number of piperazine rings is 1. The molecule has 2 heterocycles. The van der Waals surface area contributed by atoms with E-state index in [2.05, 4.69) is 5.32 Å². The number of methoxy groups -OCH3 is 2. The lowest BCUT2D eigenvalue weighted by atomic mass is 10.2. The molecule has 1 aromatic heterocycles. The smallest absolute Gasteiger partial charge is 0.289 e. The van der Waals surface area contributed by atoms with Crippen molar-refractivity contribution < 1.29 is 18.7 Å². The minimum Gasteiger partial charge on any atom is -0.497 e. The van der Waals surface area contributed by atoms with E-state index in [0.29, 0.717) is 48.6 Å². The molecule has 1 aromatic carbocycles. The lowest BCUT2D eigenvalue weighted by molar-refractivity contribution is 0.0661. The quantitative estimate of drug-likeness (QED) is 0.824. The third kappa shape index (κ3) is 4.08. The molecule has 1 fully saturated rings. The Morgan fingerprint density at radius 3 is 2.23 bits per heavy atom. The first-order chi connectivity index (χ1) is 12.6. The Morgan fingerprint density at radius 1 is 1.08 bits per heavy atom. The van der Waals surface area contributed by atoms with Crippen LogP contribution in [0.25, 0.3) is 0 Å². The maximum atomic E-state index is 12.3. The van der Waals surface area contributed by atoms with Gasteiger partial charge in [0, 0.05) is 50.1 Å². The molecule has 0 bridgehead atoms. The first kappa shape index (κ1) is 18.1. The Bertz CT molecular complexity index is 748. The number of hydrogen-bond donors (Lipinski definition) is 1. The summed E-state index contributed by atoms with van der Waals surface area (Å²) in [5, 5.41) is 3.81. The van der Waals surface area contributed by atoms with Gasteiger partial charge in [-0.1, -0.05) is 0 Å². The maximum absolute atomic E-state index is 12.3. The minimum absolute atomic E-state index is 0.0916. The number of ether oxygens (including phenoxy) is 2. The highest BCUT2D eigenvalue weighted by molar-refractivity contribution is 7.80. The van der Waals surface area contributed by atoms with Crippen LogP contribution in [0.1, 0.15) is 10.6 Å². The first-order valence-corrected chi connectivity index (χ1v) is 8.63. The summed E-state index contributed by atoms with van der Waals surface area (Å²) in [5.74, 6) is 1.64. The molecule has 7 nitrogen and oxygen atoms in total. The van der Waals surface area contributed by atoms with E-state index in [1.54, 1.807) is 37.3 Å². The zero-order chi connectivity index (χ0) is 18.5. The number of hydrogen-bond acceptors (Lipinski definition) is 5. The Morgan fingerprint density at radius 2 is 1.69 bits per heavy atom. The van der Waals surface area contributed by atoms with Crippen LogP contribution in [-0.2, 0) is 0 Å². The average molecular weight is 375 g/mol. The van der Waals surface area contributed by atoms with Crippen LogP contribution in [0.15, 0.2) is 41.0 Å². The van der Waals surface area contributed by atoms with Crippen LogP contribution in [0.4, 0.5) is 5.69 Å². The number of rotatable bonds is 4. The summed E-state index contributed by atoms with van der Waals surface area (Å²) in [5.41, 5.74) is 0.792. The van der Waals surface area contributed by atoms with Gasteiger partial charge in [-0.3, -0.25) is 4.79 Å². The number of amides is 1. The summed E-state index contributed by atoms with van der Waals surface area (Å²) in [4.78, 5) is 16.1. The van der Waals surface area contributed by atoms with Crippen LogP contribution in [-0.4, -0.2) is 61.2 Å². The van der Waals surface area contributed by atoms with Crippen molar-refractivity contribution in [1.29, 1.82) is 0 Å². The fourth-order valence-corrected chi connectivity index (χ4v) is 3.05. The number of nitrogens with zero attached hydrogens (tertiary/aromatic N) is 2. The SMILES string of the molecule is COc1cc(NC(=S)N2CCN(C(=O)c3ccco3)CC2)cc(OC)c1. The predicted molar refractivity (Wildman–Crippen MR) is 102 cm³/mol. The Kier molecular flexibility index (Phi) is 5.62. The fraction of sp³-hybridized carbons (Fsp3) is 0.333. The molecular weight excluding hydrogens is 354 g/mol. The van der Waals surface area contributed by atoms with Crippen molar-refractivity contribution in [2.45, 2.75) is 0 Å². The van der Waals surface area contributed by atoms with Crippen LogP contribution < -0.4 is 14.8 Å². The normalized spacial score (nSPS) is 14.1. The van der Waals surface area contributed by atoms with Gasteiger partial charge in [-0.2, -0.15) is 0 Å². The second kappa shape index (κ2) is 8.09. The predicted octanol–water partition coefficient (Wildman–Crippen LogP) is 2.45. The number of carbonyl (C=O) groups excluding carboxylic acids is 1.